The van der Waals surface area contributed by atoms with Crippen molar-refractivity contribution in [3.63, 3.8) is 0 Å². The molecule has 0 spiro atoms. The molecule has 2 rings (SSSR count). The third-order valence-electron chi connectivity index (χ3n) is 2.43. The molecule has 88 valence electrons. The van der Waals surface area contributed by atoms with Gasteiger partial charge in [0.1, 0.15) is 5.69 Å². The average Bonchev–Trinajstić information content (AvgIpc) is 2.28. The Balaban J connectivity index is 2.48. The van der Waals surface area contributed by atoms with Crippen LogP contribution in [0.25, 0.3) is 11.5 Å². The number of H-pyrrole nitrogens is 1. The van der Waals surface area contributed by atoms with Gasteiger partial charge in [0.25, 0.3) is 5.56 Å². The number of pyridine rings is 1. The van der Waals surface area contributed by atoms with E-state index in [1.54, 1.807) is 6.07 Å². The summed E-state index contributed by atoms with van der Waals surface area (Å²) in [7, 11) is 0. The standard InChI is InChI=1S/C13H15N3O/c1-3-5-10-8-12(17)16-13(15-10)11-7-4-6-9(2)14-11/h4,6-8H,3,5H2,1-2H3,(H,15,16,17). The fourth-order valence-electron chi connectivity index (χ4n) is 1.69. The lowest BCUT2D eigenvalue weighted by molar-refractivity contribution is 0.868. The van der Waals surface area contributed by atoms with Gasteiger partial charge in [0.2, 0.25) is 0 Å². The molecule has 0 aliphatic heterocycles. The Morgan fingerprint density at radius 2 is 2.12 bits per heavy atom. The molecule has 0 aliphatic carbocycles. The lowest BCUT2D eigenvalue weighted by Gasteiger charge is -2.03. The first kappa shape index (κ1) is 11.5. The lowest BCUT2D eigenvalue weighted by Crippen LogP contribution is -2.11. The smallest absolute Gasteiger partial charge is 0.251 e. The molecule has 0 fully saturated rings. The SMILES string of the molecule is CCCc1cc(=O)[nH]c(-c2cccc(C)n2)n1. The molecule has 2 aromatic heterocycles. The van der Waals surface area contributed by atoms with E-state index in [-0.39, 0.29) is 5.56 Å². The zero-order chi connectivity index (χ0) is 12.3. The molecule has 0 saturated carbocycles. The highest BCUT2D eigenvalue weighted by atomic mass is 16.1. The van der Waals surface area contributed by atoms with Crippen molar-refractivity contribution in [1.82, 2.24) is 15.0 Å². The third kappa shape index (κ3) is 2.78. The van der Waals surface area contributed by atoms with E-state index >= 15 is 0 Å². The third-order valence-corrected chi connectivity index (χ3v) is 2.43. The van der Waals surface area contributed by atoms with E-state index < -0.39 is 0 Å². The zero-order valence-corrected chi connectivity index (χ0v) is 10.0. The molecule has 0 aliphatic rings. The number of aromatic nitrogens is 3. The Kier molecular flexibility index (Phi) is 3.32. The summed E-state index contributed by atoms with van der Waals surface area (Å²) in [4.78, 5) is 23.0. The van der Waals surface area contributed by atoms with Gasteiger partial charge in [-0.3, -0.25) is 4.79 Å². The highest BCUT2D eigenvalue weighted by Gasteiger charge is 2.04. The normalized spacial score (nSPS) is 10.5. The first-order chi connectivity index (χ1) is 8.19. The summed E-state index contributed by atoms with van der Waals surface area (Å²) in [6.45, 7) is 3.98. The van der Waals surface area contributed by atoms with Crippen LogP contribution in [0.3, 0.4) is 0 Å². The maximum Gasteiger partial charge on any atom is 0.251 e. The molecule has 0 atom stereocenters. The fraction of sp³-hybridized carbons (Fsp3) is 0.308. The number of hydrogen-bond acceptors (Lipinski definition) is 3. The van der Waals surface area contributed by atoms with E-state index in [4.69, 9.17) is 0 Å². The zero-order valence-electron chi connectivity index (χ0n) is 10.0. The van der Waals surface area contributed by atoms with Gasteiger partial charge in [0, 0.05) is 17.5 Å². The second-order valence-corrected chi connectivity index (χ2v) is 4.00. The summed E-state index contributed by atoms with van der Waals surface area (Å²) in [6.07, 6.45) is 1.78. The maximum atomic E-state index is 11.5. The maximum absolute atomic E-state index is 11.5. The Labute approximate surface area is 99.8 Å². The molecule has 0 amide bonds. The van der Waals surface area contributed by atoms with Crippen LogP contribution in [0.4, 0.5) is 0 Å². The van der Waals surface area contributed by atoms with Crippen molar-refractivity contribution in [2.24, 2.45) is 0 Å². The van der Waals surface area contributed by atoms with Crippen molar-refractivity contribution in [1.29, 1.82) is 0 Å². The van der Waals surface area contributed by atoms with Crippen molar-refractivity contribution in [3.05, 3.63) is 46.0 Å². The van der Waals surface area contributed by atoms with Crippen LogP contribution >= 0.6 is 0 Å². The van der Waals surface area contributed by atoms with Gasteiger partial charge in [0.15, 0.2) is 5.82 Å². The molecule has 4 nitrogen and oxygen atoms in total. The van der Waals surface area contributed by atoms with Crippen LogP contribution in [0.15, 0.2) is 29.1 Å². The Hall–Kier alpha value is -1.97. The number of hydrogen-bond donors (Lipinski definition) is 1. The van der Waals surface area contributed by atoms with Crippen LogP contribution in [0.1, 0.15) is 24.7 Å². The molecule has 0 unspecified atom stereocenters. The molecule has 0 radical (unpaired) electrons. The highest BCUT2D eigenvalue weighted by Crippen LogP contribution is 2.11. The molecule has 2 aromatic rings. The highest BCUT2D eigenvalue weighted by molar-refractivity contribution is 5.48. The summed E-state index contributed by atoms with van der Waals surface area (Å²) in [5, 5.41) is 0. The molecular weight excluding hydrogens is 214 g/mol. The van der Waals surface area contributed by atoms with Gasteiger partial charge in [-0.15, -0.1) is 0 Å². The summed E-state index contributed by atoms with van der Waals surface area (Å²) in [6, 6.07) is 7.21. The summed E-state index contributed by atoms with van der Waals surface area (Å²) < 4.78 is 0. The monoisotopic (exact) mass is 229 g/mol. The molecule has 17 heavy (non-hydrogen) atoms. The molecule has 0 bridgehead atoms. The first-order valence-electron chi connectivity index (χ1n) is 5.73. The minimum absolute atomic E-state index is 0.123. The van der Waals surface area contributed by atoms with Gasteiger partial charge in [0.05, 0.1) is 0 Å². The van der Waals surface area contributed by atoms with Crippen LogP contribution in [0.2, 0.25) is 0 Å². The minimum Gasteiger partial charge on any atom is -0.305 e. The van der Waals surface area contributed by atoms with Crippen LogP contribution in [0.5, 0.6) is 0 Å². The molecule has 1 N–H and O–H groups in total. The van der Waals surface area contributed by atoms with Crippen molar-refractivity contribution in [2.45, 2.75) is 26.7 Å². The van der Waals surface area contributed by atoms with Crippen molar-refractivity contribution in [2.75, 3.05) is 0 Å². The largest absolute Gasteiger partial charge is 0.305 e. The predicted molar refractivity (Wildman–Crippen MR) is 66.8 cm³/mol. The van der Waals surface area contributed by atoms with Crippen molar-refractivity contribution >= 4 is 0 Å². The fourth-order valence-corrected chi connectivity index (χ4v) is 1.69. The predicted octanol–water partition coefficient (Wildman–Crippen LogP) is 2.09. The summed E-state index contributed by atoms with van der Waals surface area (Å²) >= 11 is 0. The molecule has 4 heteroatoms. The quantitative estimate of drug-likeness (QED) is 0.876. The van der Waals surface area contributed by atoms with Gasteiger partial charge < -0.3 is 4.98 Å². The van der Waals surface area contributed by atoms with Gasteiger partial charge in [-0.1, -0.05) is 19.4 Å². The van der Waals surface area contributed by atoms with E-state index in [0.29, 0.717) is 11.5 Å². The van der Waals surface area contributed by atoms with E-state index in [1.165, 1.54) is 0 Å². The summed E-state index contributed by atoms with van der Waals surface area (Å²) in [5.41, 5.74) is 2.31. The Morgan fingerprint density at radius 1 is 1.29 bits per heavy atom. The molecule has 0 aromatic carbocycles. The Bertz CT molecular complexity index is 575. The van der Waals surface area contributed by atoms with Crippen molar-refractivity contribution in [3.8, 4) is 11.5 Å². The number of aryl methyl sites for hydroxylation is 2. The van der Waals surface area contributed by atoms with Crippen LogP contribution < -0.4 is 5.56 Å². The number of nitrogens with zero attached hydrogens (tertiary/aromatic N) is 2. The van der Waals surface area contributed by atoms with Crippen molar-refractivity contribution < 1.29 is 0 Å². The summed E-state index contributed by atoms with van der Waals surface area (Å²) in [5.74, 6) is 0.546. The van der Waals surface area contributed by atoms with E-state index in [9.17, 15) is 4.79 Å². The van der Waals surface area contributed by atoms with E-state index in [1.807, 2.05) is 25.1 Å². The first-order valence-corrected chi connectivity index (χ1v) is 5.73. The molecular formula is C13H15N3O. The number of nitrogens with one attached hydrogen (secondary N) is 1. The van der Waals surface area contributed by atoms with Gasteiger partial charge >= 0.3 is 0 Å². The second kappa shape index (κ2) is 4.91. The van der Waals surface area contributed by atoms with Gasteiger partial charge in [-0.25, -0.2) is 9.97 Å². The molecule has 0 saturated heterocycles. The lowest BCUT2D eigenvalue weighted by atomic mass is 10.2. The second-order valence-electron chi connectivity index (χ2n) is 4.00. The number of rotatable bonds is 3. The number of aromatic amines is 1. The van der Waals surface area contributed by atoms with Gasteiger partial charge in [-0.05, 0) is 25.5 Å². The van der Waals surface area contributed by atoms with Crippen LogP contribution in [-0.4, -0.2) is 15.0 Å². The topological polar surface area (TPSA) is 58.6 Å². The van der Waals surface area contributed by atoms with Gasteiger partial charge in [-0.2, -0.15) is 0 Å². The van der Waals surface area contributed by atoms with E-state index in [0.717, 1.165) is 24.2 Å². The minimum atomic E-state index is -0.123. The average molecular weight is 229 g/mol. The van der Waals surface area contributed by atoms with Crippen LogP contribution in [-0.2, 0) is 6.42 Å². The van der Waals surface area contributed by atoms with Crippen LogP contribution in [0, 0.1) is 6.92 Å². The van der Waals surface area contributed by atoms with E-state index in [2.05, 4.69) is 21.9 Å². The Morgan fingerprint density at radius 3 is 2.82 bits per heavy atom. The molecule has 2 heterocycles.